The van der Waals surface area contributed by atoms with Gasteiger partial charge < -0.3 is 20.7 Å². The molecule has 6 nitrogen and oxygen atoms in total. The van der Waals surface area contributed by atoms with Gasteiger partial charge in [0.15, 0.2) is 5.96 Å². The third kappa shape index (κ3) is 4.75. The molecular formula is C20H30N4O2. The lowest BCUT2D eigenvalue weighted by molar-refractivity contribution is 0.0953. The summed E-state index contributed by atoms with van der Waals surface area (Å²) in [5, 5.41) is 9.76. The van der Waals surface area contributed by atoms with E-state index in [0.29, 0.717) is 30.4 Å². The summed E-state index contributed by atoms with van der Waals surface area (Å²) in [4.78, 5) is 16.3. The molecule has 3 unspecified atom stereocenters. The van der Waals surface area contributed by atoms with E-state index < -0.39 is 0 Å². The monoisotopic (exact) mass is 358 g/mol. The standard InChI is InChI=1S/C20H30N4O2/c1-3-4-11-22-19(25)15-7-5-14(6-8-15)13-23-20(21-2)24-17-12-16-9-10-18(17)26-16/h5-8,16-18H,3-4,9-13H2,1-2H3,(H,22,25)(H2,21,23,24). The molecule has 1 amide bonds. The van der Waals surface area contributed by atoms with Crippen molar-refractivity contribution in [2.24, 2.45) is 4.99 Å². The number of rotatable bonds is 7. The summed E-state index contributed by atoms with van der Waals surface area (Å²) < 4.78 is 5.88. The minimum absolute atomic E-state index is 0.00767. The number of hydrogen-bond acceptors (Lipinski definition) is 3. The fourth-order valence-corrected chi connectivity index (χ4v) is 3.60. The van der Waals surface area contributed by atoms with Gasteiger partial charge in [-0.05, 0) is 43.4 Å². The van der Waals surface area contributed by atoms with Crippen molar-refractivity contribution in [3.05, 3.63) is 35.4 Å². The number of benzene rings is 1. The van der Waals surface area contributed by atoms with Crippen molar-refractivity contribution >= 4 is 11.9 Å². The Hall–Kier alpha value is -2.08. The summed E-state index contributed by atoms with van der Waals surface area (Å²) in [5.41, 5.74) is 1.81. The molecule has 2 aliphatic heterocycles. The van der Waals surface area contributed by atoms with Crippen LogP contribution in [0.3, 0.4) is 0 Å². The largest absolute Gasteiger partial charge is 0.373 e. The highest BCUT2D eigenvalue weighted by Gasteiger charge is 2.41. The van der Waals surface area contributed by atoms with Gasteiger partial charge in [0.25, 0.3) is 5.91 Å². The van der Waals surface area contributed by atoms with Crippen LogP contribution in [-0.2, 0) is 11.3 Å². The van der Waals surface area contributed by atoms with Gasteiger partial charge in [-0.15, -0.1) is 0 Å². The zero-order valence-electron chi connectivity index (χ0n) is 15.8. The van der Waals surface area contributed by atoms with E-state index in [2.05, 4.69) is 27.9 Å². The first-order valence-corrected chi connectivity index (χ1v) is 9.69. The van der Waals surface area contributed by atoms with Crippen molar-refractivity contribution in [2.45, 2.75) is 63.8 Å². The van der Waals surface area contributed by atoms with Crippen molar-refractivity contribution in [2.75, 3.05) is 13.6 Å². The lowest BCUT2D eigenvalue weighted by Gasteiger charge is -2.22. The number of guanidine groups is 1. The average Bonchev–Trinajstić information content (AvgIpc) is 3.28. The maximum absolute atomic E-state index is 12.0. The third-order valence-electron chi connectivity index (χ3n) is 5.14. The van der Waals surface area contributed by atoms with Crippen molar-refractivity contribution in [1.29, 1.82) is 0 Å². The van der Waals surface area contributed by atoms with Crippen LogP contribution in [0.15, 0.2) is 29.3 Å². The minimum Gasteiger partial charge on any atom is -0.373 e. The first-order valence-electron chi connectivity index (χ1n) is 9.69. The quantitative estimate of drug-likeness (QED) is 0.397. The molecule has 2 fully saturated rings. The SMILES string of the molecule is CCCCNC(=O)c1ccc(CNC(=NC)NC2CC3CCC2O3)cc1. The van der Waals surface area contributed by atoms with Gasteiger partial charge in [0.05, 0.1) is 18.2 Å². The maximum atomic E-state index is 12.0. The first-order chi connectivity index (χ1) is 12.7. The number of ether oxygens (including phenoxy) is 1. The maximum Gasteiger partial charge on any atom is 0.251 e. The number of carbonyl (C=O) groups is 1. The van der Waals surface area contributed by atoms with Gasteiger partial charge in [0.1, 0.15) is 0 Å². The van der Waals surface area contributed by atoms with Crippen LogP contribution in [0, 0.1) is 0 Å². The molecule has 142 valence electrons. The zero-order valence-corrected chi connectivity index (χ0v) is 15.8. The molecule has 2 bridgehead atoms. The van der Waals surface area contributed by atoms with E-state index in [-0.39, 0.29) is 5.91 Å². The predicted molar refractivity (Wildman–Crippen MR) is 103 cm³/mol. The van der Waals surface area contributed by atoms with Gasteiger partial charge in [-0.1, -0.05) is 25.5 Å². The number of fused-ring (bicyclic) bond motifs is 2. The Kier molecular flexibility index (Phi) is 6.50. The Morgan fingerprint density at radius 3 is 2.65 bits per heavy atom. The predicted octanol–water partition coefficient (Wildman–Crippen LogP) is 2.20. The Balaban J connectivity index is 1.45. The van der Waals surface area contributed by atoms with Crippen LogP contribution in [0.2, 0.25) is 0 Å². The smallest absolute Gasteiger partial charge is 0.251 e. The fourth-order valence-electron chi connectivity index (χ4n) is 3.60. The normalized spacial score (nSPS) is 24.5. The molecule has 2 heterocycles. The van der Waals surface area contributed by atoms with E-state index in [4.69, 9.17) is 4.74 Å². The molecule has 0 aliphatic carbocycles. The number of unbranched alkanes of at least 4 members (excludes halogenated alkanes) is 1. The van der Waals surface area contributed by atoms with Gasteiger partial charge in [-0.25, -0.2) is 0 Å². The van der Waals surface area contributed by atoms with Crippen LogP contribution in [0.4, 0.5) is 0 Å². The number of carbonyl (C=O) groups excluding carboxylic acids is 1. The summed E-state index contributed by atoms with van der Waals surface area (Å²) >= 11 is 0. The molecule has 0 aromatic heterocycles. The molecule has 1 aromatic rings. The molecule has 0 saturated carbocycles. The van der Waals surface area contributed by atoms with Crippen LogP contribution in [-0.4, -0.2) is 43.7 Å². The lowest BCUT2D eigenvalue weighted by atomic mass is 9.96. The van der Waals surface area contributed by atoms with Crippen LogP contribution in [0.5, 0.6) is 0 Å². The molecule has 1 aromatic carbocycles. The van der Waals surface area contributed by atoms with Crippen LogP contribution in [0.25, 0.3) is 0 Å². The summed E-state index contributed by atoms with van der Waals surface area (Å²) in [6.07, 6.45) is 6.22. The number of hydrogen-bond donors (Lipinski definition) is 3. The van der Waals surface area contributed by atoms with Crippen molar-refractivity contribution in [3.63, 3.8) is 0 Å². The van der Waals surface area contributed by atoms with Crippen molar-refractivity contribution < 1.29 is 9.53 Å². The molecule has 26 heavy (non-hydrogen) atoms. The van der Waals surface area contributed by atoms with Gasteiger partial charge in [0, 0.05) is 25.7 Å². The highest BCUT2D eigenvalue weighted by atomic mass is 16.5. The van der Waals surface area contributed by atoms with Crippen LogP contribution < -0.4 is 16.0 Å². The van der Waals surface area contributed by atoms with Crippen molar-refractivity contribution in [3.8, 4) is 0 Å². The van der Waals surface area contributed by atoms with E-state index >= 15 is 0 Å². The lowest BCUT2D eigenvalue weighted by Crippen LogP contribution is -2.47. The van der Waals surface area contributed by atoms with Crippen LogP contribution in [0.1, 0.15) is 54.9 Å². The Morgan fingerprint density at radius 2 is 2.04 bits per heavy atom. The number of amides is 1. The van der Waals surface area contributed by atoms with Gasteiger partial charge in [-0.3, -0.25) is 9.79 Å². The van der Waals surface area contributed by atoms with Crippen LogP contribution >= 0.6 is 0 Å². The molecule has 6 heteroatoms. The van der Waals surface area contributed by atoms with E-state index in [1.165, 1.54) is 6.42 Å². The van der Waals surface area contributed by atoms with Gasteiger partial charge in [0.2, 0.25) is 0 Å². The van der Waals surface area contributed by atoms with Gasteiger partial charge >= 0.3 is 0 Å². The second-order valence-corrected chi connectivity index (χ2v) is 7.09. The molecule has 2 saturated heterocycles. The third-order valence-corrected chi connectivity index (χ3v) is 5.14. The second kappa shape index (κ2) is 9.03. The van der Waals surface area contributed by atoms with Crippen molar-refractivity contribution in [1.82, 2.24) is 16.0 Å². The van der Waals surface area contributed by atoms with E-state index in [1.54, 1.807) is 7.05 Å². The number of nitrogens with one attached hydrogen (secondary N) is 3. The second-order valence-electron chi connectivity index (χ2n) is 7.09. The molecule has 3 atom stereocenters. The first kappa shape index (κ1) is 18.7. The number of nitrogens with zero attached hydrogens (tertiary/aromatic N) is 1. The van der Waals surface area contributed by atoms with E-state index in [9.17, 15) is 4.79 Å². The minimum atomic E-state index is -0.00767. The molecular weight excluding hydrogens is 328 g/mol. The van der Waals surface area contributed by atoms with E-state index in [1.807, 2.05) is 24.3 Å². The summed E-state index contributed by atoms with van der Waals surface area (Å²) in [7, 11) is 1.78. The number of aliphatic imine (C=N–C) groups is 1. The Labute approximate surface area is 155 Å². The highest BCUT2D eigenvalue weighted by Crippen LogP contribution is 2.34. The summed E-state index contributed by atoms with van der Waals surface area (Å²) in [5.74, 6) is 0.791. The molecule has 3 rings (SSSR count). The molecule has 2 aliphatic rings. The fraction of sp³-hybridized carbons (Fsp3) is 0.600. The molecule has 3 N–H and O–H groups in total. The average molecular weight is 358 g/mol. The highest BCUT2D eigenvalue weighted by molar-refractivity contribution is 5.94. The van der Waals surface area contributed by atoms with Gasteiger partial charge in [-0.2, -0.15) is 0 Å². The molecule has 0 spiro atoms. The Bertz CT molecular complexity index is 629. The van der Waals surface area contributed by atoms with E-state index in [0.717, 1.165) is 43.8 Å². The molecule has 0 radical (unpaired) electrons. The topological polar surface area (TPSA) is 74.8 Å². The zero-order chi connectivity index (χ0) is 18.4. The summed E-state index contributed by atoms with van der Waals surface area (Å²) in [6, 6.07) is 8.07. The summed E-state index contributed by atoms with van der Waals surface area (Å²) in [6.45, 7) is 3.51. The Morgan fingerprint density at radius 1 is 1.23 bits per heavy atom.